The minimum Gasteiger partial charge on any atom is -0.317 e. The van der Waals surface area contributed by atoms with Crippen molar-refractivity contribution in [3.05, 3.63) is 0 Å². The molecule has 0 rings (SSSR count). The van der Waals surface area contributed by atoms with Crippen LogP contribution in [0.15, 0.2) is 0 Å². The highest BCUT2D eigenvalue weighted by Gasteiger charge is 2.81. The Morgan fingerprint density at radius 3 is 0.372 bits per heavy atom. The first-order chi connectivity index (χ1) is 40.6. The Labute approximate surface area is 498 Å². The van der Waals surface area contributed by atoms with Gasteiger partial charge in [-0.15, -0.1) is 0 Å². The van der Waals surface area contributed by atoms with Gasteiger partial charge in [-0.05, 0) is 57.0 Å². The van der Waals surface area contributed by atoms with E-state index in [9.17, 15) is 211 Å². The number of rotatable bonds is 39. The van der Waals surface area contributed by atoms with Gasteiger partial charge in [0.25, 0.3) is 0 Å². The fourth-order valence-electron chi connectivity index (χ4n) is 6.92. The lowest BCUT2D eigenvalue weighted by atomic mass is 9.87. The van der Waals surface area contributed by atoms with Crippen LogP contribution in [0.1, 0.15) is 59.3 Å². The van der Waals surface area contributed by atoms with Crippen molar-refractivity contribution in [2.24, 2.45) is 17.8 Å². The molecule has 0 aromatic carbocycles. The minimum atomic E-state index is -6.87. The van der Waals surface area contributed by atoms with Crippen molar-refractivity contribution in [2.45, 2.75) is 204 Å². The molecule has 94 heavy (non-hydrogen) atoms. The molecule has 0 aromatic heterocycles. The first-order valence-electron chi connectivity index (χ1n) is 24.2. The Morgan fingerprint density at radius 1 is 0.202 bits per heavy atom. The molecule has 0 fully saturated rings. The van der Waals surface area contributed by atoms with E-state index in [1.807, 2.05) is 16.0 Å². The Kier molecular flexibility index (Phi) is 34.1. The van der Waals surface area contributed by atoms with Gasteiger partial charge in [-0.3, -0.25) is 0 Å². The third-order valence-electron chi connectivity index (χ3n) is 12.2. The highest BCUT2D eigenvalue weighted by Crippen LogP contribution is 2.59. The summed E-state index contributed by atoms with van der Waals surface area (Å²) < 4.78 is 623. The lowest BCUT2D eigenvalue weighted by Gasteiger charge is -2.37. The predicted octanol–water partition coefficient (Wildman–Crippen LogP) is 19.1. The molecule has 0 spiro atoms. The van der Waals surface area contributed by atoms with E-state index in [0.29, 0.717) is 0 Å². The van der Waals surface area contributed by atoms with E-state index in [1.165, 1.54) is 0 Å². The Morgan fingerprint density at radius 2 is 0.298 bits per heavy atom. The summed E-state index contributed by atoms with van der Waals surface area (Å²) in [7, 11) is 0. The van der Waals surface area contributed by atoms with Gasteiger partial charge in [0, 0.05) is 38.5 Å². The molecule has 0 saturated carbocycles. The van der Waals surface area contributed by atoms with Crippen LogP contribution < -0.4 is 16.0 Å². The van der Waals surface area contributed by atoms with E-state index in [4.69, 9.17) is 0 Å². The zero-order valence-electron chi connectivity index (χ0n) is 46.0. The molecular weight excluding hydrogens is 1490 g/mol. The summed E-state index contributed by atoms with van der Waals surface area (Å²) in [6.45, 7) is -1.75. The summed E-state index contributed by atoms with van der Waals surface area (Å²) in [6.07, 6.45) is -49.3. The van der Waals surface area contributed by atoms with Gasteiger partial charge in [0.2, 0.25) is 0 Å². The van der Waals surface area contributed by atoms with Gasteiger partial charge < -0.3 is 16.0 Å². The van der Waals surface area contributed by atoms with Gasteiger partial charge >= 0.3 is 145 Å². The molecule has 572 valence electrons. The molecule has 0 heterocycles. The van der Waals surface area contributed by atoms with E-state index in [1.54, 1.807) is 0 Å². The van der Waals surface area contributed by atoms with Crippen molar-refractivity contribution in [3.8, 4) is 0 Å². The van der Waals surface area contributed by atoms with Crippen molar-refractivity contribution < 1.29 is 211 Å². The maximum Gasteiger partial charge on any atom is 0.377 e. The number of hydrogen-bond acceptors (Lipinski definition) is 3. The normalized spacial score (nSPS) is 15.3. The molecule has 0 aliphatic heterocycles. The van der Waals surface area contributed by atoms with E-state index < -0.39 is 221 Å². The van der Waals surface area contributed by atoms with Crippen LogP contribution in [0.4, 0.5) is 211 Å². The Balaban J connectivity index is -0.000000643. The SMILES string of the molecule is CCNCC(CC(F)(F)C(F)(F)C(F)(F)C(F)F)CC(F)(F)C(F)(F)C(F)(F)C(F)F.CCNCC(CC(F)(F)C(F)(F)C(F)(F)C(F)F)CC(F)(F)C(F)(F)C(F)(F)C(F)F.CCNCC(CC(F)(F)C(F)(F)C(F)(F)C(F)F)CC(F)(F)C(F)(F)C(F)(F)C(F)F.P. The molecular formula is C42H48F48N3P. The summed E-state index contributed by atoms with van der Waals surface area (Å²) in [5.41, 5.74) is 0. The third-order valence-corrected chi connectivity index (χ3v) is 12.2. The summed E-state index contributed by atoms with van der Waals surface area (Å²) in [5.74, 6) is -127. The highest BCUT2D eigenvalue weighted by molar-refractivity contribution is 6.92. The van der Waals surface area contributed by atoms with E-state index in [-0.39, 0.29) is 29.5 Å². The second kappa shape index (κ2) is 33.0. The van der Waals surface area contributed by atoms with Crippen molar-refractivity contribution in [3.63, 3.8) is 0 Å². The molecule has 0 aromatic rings. The van der Waals surface area contributed by atoms with Gasteiger partial charge in [-0.25, -0.2) is 52.7 Å². The number of hydrogen-bond donors (Lipinski definition) is 3. The fourth-order valence-corrected chi connectivity index (χ4v) is 6.92. The number of alkyl halides is 48. The molecule has 0 radical (unpaired) electrons. The predicted molar refractivity (Wildman–Crippen MR) is 230 cm³/mol. The molecule has 3 nitrogen and oxygen atoms in total. The van der Waals surface area contributed by atoms with Crippen LogP contribution in [0.3, 0.4) is 0 Å². The average Bonchev–Trinajstić information content (AvgIpc) is 0.775. The smallest absolute Gasteiger partial charge is 0.317 e. The zero-order valence-corrected chi connectivity index (χ0v) is 47.4. The number of nitrogens with one attached hydrogen (secondary N) is 3. The first-order valence-corrected chi connectivity index (χ1v) is 24.2. The van der Waals surface area contributed by atoms with E-state index in [2.05, 4.69) is 0 Å². The molecule has 0 aliphatic carbocycles. The largest absolute Gasteiger partial charge is 0.377 e. The Hall–Kier alpha value is -3.05. The van der Waals surface area contributed by atoms with Gasteiger partial charge in [-0.1, -0.05) is 20.8 Å². The van der Waals surface area contributed by atoms with E-state index in [0.717, 1.165) is 20.8 Å². The lowest BCUT2D eigenvalue weighted by molar-refractivity contribution is -0.349. The topological polar surface area (TPSA) is 36.1 Å². The molecule has 52 heteroatoms. The van der Waals surface area contributed by atoms with Crippen LogP contribution in [0.2, 0.25) is 0 Å². The van der Waals surface area contributed by atoms with Crippen molar-refractivity contribution in [1.29, 1.82) is 0 Å². The van der Waals surface area contributed by atoms with Crippen LogP contribution in [0, 0.1) is 17.8 Å². The van der Waals surface area contributed by atoms with Crippen LogP contribution in [0.25, 0.3) is 0 Å². The van der Waals surface area contributed by atoms with Crippen molar-refractivity contribution >= 4 is 9.90 Å². The molecule has 0 amide bonds. The van der Waals surface area contributed by atoms with Gasteiger partial charge in [-0.2, -0.15) is 168 Å². The summed E-state index contributed by atoms with van der Waals surface area (Å²) >= 11 is 0. The maximum absolute atomic E-state index is 13.7. The lowest BCUT2D eigenvalue weighted by Crippen LogP contribution is -2.60. The molecule has 1 atom stereocenters. The minimum absolute atomic E-state index is 0. The molecule has 0 saturated heterocycles. The highest BCUT2D eigenvalue weighted by atomic mass is 31.0. The maximum atomic E-state index is 13.7. The van der Waals surface area contributed by atoms with Gasteiger partial charge in [0.1, 0.15) is 0 Å². The summed E-state index contributed by atoms with van der Waals surface area (Å²) in [4.78, 5) is 0. The number of halogens is 48. The molecule has 0 aliphatic rings. The summed E-state index contributed by atoms with van der Waals surface area (Å²) in [5, 5.41) is 5.67. The summed E-state index contributed by atoms with van der Waals surface area (Å²) in [6, 6.07) is 0. The third kappa shape index (κ3) is 20.6. The Bertz CT molecular complexity index is 1830. The molecule has 3 N–H and O–H groups in total. The zero-order chi connectivity index (χ0) is 75.8. The monoisotopic (exact) mass is 1540 g/mol. The van der Waals surface area contributed by atoms with Crippen LogP contribution in [-0.2, 0) is 0 Å². The quantitative estimate of drug-likeness (QED) is 0.0424. The van der Waals surface area contributed by atoms with Gasteiger partial charge in [0.05, 0.1) is 0 Å². The average molecular weight is 1540 g/mol. The van der Waals surface area contributed by atoms with Crippen molar-refractivity contribution in [1.82, 2.24) is 16.0 Å². The van der Waals surface area contributed by atoms with E-state index >= 15 is 0 Å². The second-order valence-corrected chi connectivity index (χ2v) is 19.5. The van der Waals surface area contributed by atoms with Gasteiger partial charge in [0.15, 0.2) is 0 Å². The van der Waals surface area contributed by atoms with Crippen LogP contribution >= 0.6 is 9.90 Å². The van der Waals surface area contributed by atoms with Crippen molar-refractivity contribution in [2.75, 3.05) is 39.3 Å². The molecule has 1 unspecified atom stereocenters. The van der Waals surface area contributed by atoms with Crippen LogP contribution in [0.5, 0.6) is 0 Å². The van der Waals surface area contributed by atoms with Crippen LogP contribution in [-0.4, -0.2) is 184 Å². The second-order valence-electron chi connectivity index (χ2n) is 19.5. The molecule has 0 bridgehead atoms. The first kappa shape index (κ1) is 97.3. The fraction of sp³-hybridized carbons (Fsp3) is 1.00. The standard InChI is InChI=1S/3C14H15F16N.H3P/c3*1-2-31-5-6(3-9(19,20)13(27,28)11(23,24)7(15)16)4-10(21,22)14(29,30)12(25,26)8(17)18;/h3*6-8,31H,2-5H2,1H3;1H3.